The lowest BCUT2D eigenvalue weighted by Gasteiger charge is -2.17. The molecule has 1 heterocycles. The average Bonchev–Trinajstić information content (AvgIpc) is 3.16. The molecule has 9 heteroatoms. The third-order valence-corrected chi connectivity index (χ3v) is 4.44. The van der Waals surface area contributed by atoms with Gasteiger partial charge in [0.1, 0.15) is 11.8 Å². The fourth-order valence-electron chi connectivity index (χ4n) is 2.51. The van der Waals surface area contributed by atoms with Crippen LogP contribution in [0.15, 0.2) is 28.8 Å². The van der Waals surface area contributed by atoms with Gasteiger partial charge >= 0.3 is 5.97 Å². The van der Waals surface area contributed by atoms with E-state index in [0.717, 1.165) is 13.0 Å². The number of ether oxygens (including phenoxy) is 1. The van der Waals surface area contributed by atoms with Crippen LogP contribution >= 0.6 is 23.2 Å². The predicted octanol–water partition coefficient (Wildman–Crippen LogP) is 4.41. The van der Waals surface area contributed by atoms with Crippen molar-refractivity contribution in [2.45, 2.75) is 53.1 Å². The van der Waals surface area contributed by atoms with E-state index >= 15 is 0 Å². The van der Waals surface area contributed by atoms with Gasteiger partial charge in [-0.25, -0.2) is 4.79 Å². The van der Waals surface area contributed by atoms with Crippen molar-refractivity contribution in [3.8, 4) is 0 Å². The van der Waals surface area contributed by atoms with Crippen molar-refractivity contribution in [1.29, 1.82) is 0 Å². The number of esters is 1. The van der Waals surface area contributed by atoms with Gasteiger partial charge in [0.25, 0.3) is 5.91 Å². The predicted molar refractivity (Wildman–Crippen MR) is 118 cm³/mol. The molecule has 0 bridgehead atoms. The summed E-state index contributed by atoms with van der Waals surface area (Å²) in [5, 5.41) is 10.2. The zero-order valence-corrected chi connectivity index (χ0v) is 19.3. The summed E-state index contributed by atoms with van der Waals surface area (Å²) in [7, 11) is 0. The molecule has 2 rings (SSSR count). The Hall–Kier alpha value is -2.09. The molecule has 0 saturated carbocycles. The van der Waals surface area contributed by atoms with Crippen LogP contribution in [-0.4, -0.2) is 36.2 Å². The topological polar surface area (TPSA) is 93.5 Å². The molecular formula is C21H29Cl2N3O4. The number of hydrogen-bond donors (Lipinski definition) is 2. The Labute approximate surface area is 187 Å². The molecule has 0 saturated heterocycles. The Morgan fingerprint density at radius 1 is 1.20 bits per heavy atom. The zero-order chi connectivity index (χ0) is 22.5. The Kier molecular flexibility index (Phi) is 12.1. The summed E-state index contributed by atoms with van der Waals surface area (Å²) in [6, 6.07) is 5.50. The van der Waals surface area contributed by atoms with E-state index < -0.39 is 17.9 Å². The molecule has 1 aromatic carbocycles. The lowest BCUT2D eigenvalue weighted by Crippen LogP contribution is -2.43. The summed E-state index contributed by atoms with van der Waals surface area (Å²) < 4.78 is 10.4. The number of hydrogen-bond acceptors (Lipinski definition) is 6. The second-order valence-corrected chi connectivity index (χ2v) is 6.85. The van der Waals surface area contributed by atoms with Gasteiger partial charge in [0.05, 0.1) is 27.9 Å². The van der Waals surface area contributed by atoms with Crippen LogP contribution in [0.5, 0.6) is 0 Å². The number of nitrogens with one attached hydrogen (secondary N) is 2. The maximum absolute atomic E-state index is 12.6. The number of rotatable bonds is 10. The Balaban J connectivity index is 0.00000218. The fourth-order valence-corrected chi connectivity index (χ4v) is 3.08. The summed E-state index contributed by atoms with van der Waals surface area (Å²) in [5.74, 6) is -0.698. The summed E-state index contributed by atoms with van der Waals surface area (Å²) >= 11 is 12.2. The van der Waals surface area contributed by atoms with Crippen LogP contribution in [0.25, 0.3) is 0 Å². The van der Waals surface area contributed by atoms with Crippen molar-refractivity contribution in [1.82, 2.24) is 15.8 Å². The molecular weight excluding hydrogens is 429 g/mol. The highest BCUT2D eigenvalue weighted by Crippen LogP contribution is 2.24. The molecule has 0 aliphatic carbocycles. The quantitative estimate of drug-likeness (QED) is 0.405. The van der Waals surface area contributed by atoms with E-state index in [1.165, 1.54) is 0 Å². The first-order valence-corrected chi connectivity index (χ1v) is 10.8. The summed E-state index contributed by atoms with van der Waals surface area (Å²) in [6.07, 6.45) is 1.10. The molecule has 0 fully saturated rings. The molecule has 1 atom stereocenters. The van der Waals surface area contributed by atoms with E-state index in [9.17, 15) is 9.59 Å². The molecule has 7 nitrogen and oxygen atoms in total. The van der Waals surface area contributed by atoms with Crippen LogP contribution in [0, 0.1) is 0 Å². The van der Waals surface area contributed by atoms with Gasteiger partial charge < -0.3 is 19.9 Å². The van der Waals surface area contributed by atoms with Crippen molar-refractivity contribution in [3.63, 3.8) is 0 Å². The smallest absolute Gasteiger partial charge is 0.329 e. The van der Waals surface area contributed by atoms with Gasteiger partial charge in [0, 0.05) is 19.0 Å². The van der Waals surface area contributed by atoms with E-state index in [2.05, 4.69) is 22.7 Å². The number of halogens is 2. The van der Waals surface area contributed by atoms with Gasteiger partial charge in [0.2, 0.25) is 0 Å². The summed E-state index contributed by atoms with van der Waals surface area (Å²) in [4.78, 5) is 25.0. The number of carbonyl (C=O) groups excluding carboxylic acids is 2. The lowest BCUT2D eigenvalue weighted by molar-refractivity contribution is -0.145. The monoisotopic (exact) mass is 457 g/mol. The van der Waals surface area contributed by atoms with Gasteiger partial charge in [-0.1, -0.05) is 55.2 Å². The maximum atomic E-state index is 12.6. The molecule has 0 spiro atoms. The van der Waals surface area contributed by atoms with E-state index in [0.29, 0.717) is 18.0 Å². The van der Waals surface area contributed by atoms with Crippen LogP contribution in [0.3, 0.4) is 0 Å². The minimum Gasteiger partial charge on any atom is -0.464 e. The standard InChI is InChI=1S/C19H23Cl2N3O4.C2H6/c1-3-8-22-11-12-9-13(28-24-12)10-16(19(26)27-4-2)23-18(25)17-14(20)6-5-7-15(17)21;1-2/h5-7,9,16,22H,3-4,8,10-11H2,1-2H3,(H,23,25);1-2H3. The SMILES string of the molecule is CC.CCCNCc1cc(CC(NC(=O)c2c(Cl)cccc2Cl)C(=O)OCC)on1. The maximum Gasteiger partial charge on any atom is 0.329 e. The molecule has 2 N–H and O–H groups in total. The molecule has 30 heavy (non-hydrogen) atoms. The van der Waals surface area contributed by atoms with Crippen LogP contribution < -0.4 is 10.6 Å². The van der Waals surface area contributed by atoms with Crippen LogP contribution in [0.1, 0.15) is 55.9 Å². The molecule has 1 aromatic heterocycles. The van der Waals surface area contributed by atoms with Crippen LogP contribution in [-0.2, 0) is 22.5 Å². The largest absolute Gasteiger partial charge is 0.464 e. The molecule has 2 aromatic rings. The van der Waals surface area contributed by atoms with Gasteiger partial charge in [-0.2, -0.15) is 0 Å². The first-order valence-electron chi connectivity index (χ1n) is 10.0. The van der Waals surface area contributed by atoms with Crippen molar-refractivity contribution in [2.75, 3.05) is 13.2 Å². The third kappa shape index (κ3) is 7.97. The van der Waals surface area contributed by atoms with Gasteiger partial charge in [-0.15, -0.1) is 0 Å². The molecule has 166 valence electrons. The summed E-state index contributed by atoms with van der Waals surface area (Å²) in [5.41, 5.74) is 0.814. The highest BCUT2D eigenvalue weighted by atomic mass is 35.5. The fraction of sp³-hybridized carbons (Fsp3) is 0.476. The lowest BCUT2D eigenvalue weighted by atomic mass is 10.1. The minimum absolute atomic E-state index is 0.0907. The zero-order valence-electron chi connectivity index (χ0n) is 17.8. The summed E-state index contributed by atoms with van der Waals surface area (Å²) in [6.45, 7) is 9.36. The first kappa shape index (κ1) is 25.9. The Bertz CT molecular complexity index is 791. The van der Waals surface area contributed by atoms with Crippen molar-refractivity contribution >= 4 is 35.1 Å². The molecule has 0 aliphatic heterocycles. The van der Waals surface area contributed by atoms with Crippen LogP contribution in [0.4, 0.5) is 0 Å². The highest BCUT2D eigenvalue weighted by Gasteiger charge is 2.26. The number of amides is 1. The molecule has 0 radical (unpaired) electrons. The van der Waals surface area contributed by atoms with Gasteiger partial charge in [-0.05, 0) is 32.0 Å². The third-order valence-electron chi connectivity index (χ3n) is 3.81. The Morgan fingerprint density at radius 3 is 2.47 bits per heavy atom. The van der Waals surface area contributed by atoms with E-state index in [-0.39, 0.29) is 28.6 Å². The van der Waals surface area contributed by atoms with E-state index in [1.807, 2.05) is 13.8 Å². The van der Waals surface area contributed by atoms with Crippen molar-refractivity contribution in [2.24, 2.45) is 0 Å². The van der Waals surface area contributed by atoms with Crippen LogP contribution in [0.2, 0.25) is 10.0 Å². The van der Waals surface area contributed by atoms with Gasteiger partial charge in [0.15, 0.2) is 0 Å². The number of nitrogens with zero attached hydrogens (tertiary/aromatic N) is 1. The second-order valence-electron chi connectivity index (χ2n) is 6.04. The van der Waals surface area contributed by atoms with E-state index in [1.54, 1.807) is 31.2 Å². The van der Waals surface area contributed by atoms with Crippen molar-refractivity contribution in [3.05, 3.63) is 51.3 Å². The number of aromatic nitrogens is 1. The number of carbonyl (C=O) groups is 2. The first-order chi connectivity index (χ1) is 14.5. The normalized spacial score (nSPS) is 11.3. The second kappa shape index (κ2) is 14.0. The average molecular weight is 458 g/mol. The minimum atomic E-state index is -0.968. The molecule has 1 amide bonds. The van der Waals surface area contributed by atoms with Gasteiger partial charge in [-0.3, -0.25) is 4.79 Å². The van der Waals surface area contributed by atoms with Crippen molar-refractivity contribution < 1.29 is 18.8 Å². The molecule has 1 unspecified atom stereocenters. The Morgan fingerprint density at radius 2 is 1.87 bits per heavy atom. The van der Waals surface area contributed by atoms with E-state index in [4.69, 9.17) is 32.5 Å². The number of benzene rings is 1. The molecule has 0 aliphatic rings. The highest BCUT2D eigenvalue weighted by molar-refractivity contribution is 6.39.